The van der Waals surface area contributed by atoms with Crippen LogP contribution in [0.2, 0.25) is 0 Å². The monoisotopic (exact) mass is 281 g/mol. The van der Waals surface area contributed by atoms with E-state index in [1.807, 2.05) is 0 Å². The minimum absolute atomic E-state index is 0. The molecule has 0 nitrogen and oxygen atoms in total. The van der Waals surface area contributed by atoms with Crippen LogP contribution >= 0.6 is 24.8 Å². The predicted molar refractivity (Wildman–Crippen MR) is 14.5 cm³/mol. The van der Waals surface area contributed by atoms with Crippen LogP contribution in [0.1, 0.15) is 0 Å². The quantitative estimate of drug-likeness (QED) is 0.578. The van der Waals surface area contributed by atoms with E-state index in [-0.39, 0.29) is 64.7 Å². The first kappa shape index (κ1) is 39.9. The zero-order valence-electron chi connectivity index (χ0n) is 1.47. The largest absolute Gasteiger partial charge is 0.147 e. The molecule has 0 aliphatic heterocycles. The third kappa shape index (κ3) is 9.12. The van der Waals surface area contributed by atoms with Gasteiger partial charge in [-0.1, -0.05) is 0 Å². The van der Waals surface area contributed by atoms with Crippen LogP contribution in [0, 0.1) is 0 Å². The Kier molecular flexibility index (Phi) is 208. The molecule has 0 saturated carbocycles. The van der Waals surface area contributed by atoms with E-state index in [9.17, 15) is 0 Å². The fraction of sp³-hybridized carbons (Fsp3) is 0. The number of hydrogen-bond acceptors (Lipinski definition) is 0. The van der Waals surface area contributed by atoms with Crippen LogP contribution in [0.15, 0.2) is 0 Å². The van der Waals surface area contributed by atoms with Crippen molar-refractivity contribution in [3.05, 3.63) is 0 Å². The molecule has 0 aromatic rings. The molecular formula is H2Cl2PdRh. The molecular weight excluding hydrogens is 280 g/mol. The van der Waals surface area contributed by atoms with E-state index in [0.717, 1.165) is 0 Å². The molecule has 35 valence electrons. The van der Waals surface area contributed by atoms with Gasteiger partial charge in [-0.25, -0.2) is 0 Å². The zero-order chi connectivity index (χ0) is 0. The van der Waals surface area contributed by atoms with Gasteiger partial charge in [0, 0.05) is 39.9 Å². The van der Waals surface area contributed by atoms with Crippen molar-refractivity contribution >= 4 is 24.8 Å². The molecule has 0 rings (SSSR count). The first-order valence-corrected chi connectivity index (χ1v) is 0. The van der Waals surface area contributed by atoms with E-state index >= 15 is 0 Å². The average Bonchev–Trinajstić information content (AvgIpc) is 0. The second-order valence-electron chi connectivity index (χ2n) is 0. The summed E-state index contributed by atoms with van der Waals surface area (Å²) in [4.78, 5) is 0. The van der Waals surface area contributed by atoms with Gasteiger partial charge in [-0.3, -0.25) is 0 Å². The zero-order valence-corrected chi connectivity index (χ0v) is 6.29. The fourth-order valence-corrected chi connectivity index (χ4v) is 0. The van der Waals surface area contributed by atoms with E-state index in [2.05, 4.69) is 0 Å². The van der Waals surface area contributed by atoms with Gasteiger partial charge in [0.2, 0.25) is 0 Å². The molecule has 0 aromatic heterocycles. The van der Waals surface area contributed by atoms with Gasteiger partial charge in [-0.15, -0.1) is 24.8 Å². The third-order valence-electron chi connectivity index (χ3n) is 0. The molecule has 0 bridgehead atoms. The SMILES string of the molecule is Cl.Cl.[Pd].[Rh]. The van der Waals surface area contributed by atoms with Gasteiger partial charge in [-0.2, -0.15) is 0 Å². The van der Waals surface area contributed by atoms with Crippen molar-refractivity contribution in [3.63, 3.8) is 0 Å². The number of halogens is 2. The van der Waals surface area contributed by atoms with Crippen molar-refractivity contribution in [2.45, 2.75) is 0 Å². The first-order valence-electron chi connectivity index (χ1n) is 0. The second kappa shape index (κ2) is 20.9. The Bertz CT molecular complexity index is 6.00. The first-order chi connectivity index (χ1) is 0. The summed E-state index contributed by atoms with van der Waals surface area (Å²) in [6, 6.07) is 0. The Morgan fingerprint density at radius 1 is 0.750 bits per heavy atom. The van der Waals surface area contributed by atoms with Crippen molar-refractivity contribution in [1.29, 1.82) is 0 Å². The molecule has 0 aromatic carbocycles. The topological polar surface area (TPSA) is 0 Å². The summed E-state index contributed by atoms with van der Waals surface area (Å²) >= 11 is 0. The van der Waals surface area contributed by atoms with Crippen LogP contribution < -0.4 is 0 Å². The van der Waals surface area contributed by atoms with E-state index in [1.165, 1.54) is 0 Å². The van der Waals surface area contributed by atoms with Crippen LogP contribution in [-0.4, -0.2) is 0 Å². The van der Waals surface area contributed by atoms with Crippen molar-refractivity contribution in [2.24, 2.45) is 0 Å². The summed E-state index contributed by atoms with van der Waals surface area (Å²) in [5, 5.41) is 0. The molecule has 0 aliphatic carbocycles. The van der Waals surface area contributed by atoms with Gasteiger partial charge in [0.1, 0.15) is 0 Å². The molecule has 4 heteroatoms. The number of hydrogen-bond donors (Lipinski definition) is 0. The van der Waals surface area contributed by atoms with Crippen LogP contribution in [0.25, 0.3) is 0 Å². The van der Waals surface area contributed by atoms with Crippen molar-refractivity contribution in [1.82, 2.24) is 0 Å². The maximum Gasteiger partial charge on any atom is 0 e. The summed E-state index contributed by atoms with van der Waals surface area (Å²) in [7, 11) is 0. The summed E-state index contributed by atoms with van der Waals surface area (Å²) in [5.74, 6) is 0. The van der Waals surface area contributed by atoms with Crippen molar-refractivity contribution in [3.8, 4) is 0 Å². The Hall–Kier alpha value is 1.87. The summed E-state index contributed by atoms with van der Waals surface area (Å²) in [5.41, 5.74) is 0. The van der Waals surface area contributed by atoms with Gasteiger partial charge >= 0.3 is 0 Å². The molecule has 1 radical (unpaired) electrons. The molecule has 4 heavy (non-hydrogen) atoms. The molecule has 0 aliphatic rings. The molecule has 0 amide bonds. The Labute approximate surface area is 64.3 Å². The van der Waals surface area contributed by atoms with E-state index in [1.54, 1.807) is 0 Å². The van der Waals surface area contributed by atoms with Crippen LogP contribution in [0.3, 0.4) is 0 Å². The van der Waals surface area contributed by atoms with Crippen LogP contribution in [-0.2, 0) is 39.9 Å². The van der Waals surface area contributed by atoms with Gasteiger partial charge in [-0.05, 0) is 0 Å². The van der Waals surface area contributed by atoms with Crippen molar-refractivity contribution in [2.75, 3.05) is 0 Å². The van der Waals surface area contributed by atoms with E-state index in [0.29, 0.717) is 0 Å². The van der Waals surface area contributed by atoms with Crippen LogP contribution in [0.5, 0.6) is 0 Å². The molecule has 0 fully saturated rings. The smallest absolute Gasteiger partial charge is 0 e. The Balaban J connectivity index is 0. The molecule has 0 atom stereocenters. The van der Waals surface area contributed by atoms with Crippen molar-refractivity contribution < 1.29 is 39.9 Å². The Morgan fingerprint density at radius 3 is 0.750 bits per heavy atom. The molecule has 0 saturated heterocycles. The Morgan fingerprint density at radius 2 is 0.750 bits per heavy atom. The maximum absolute atomic E-state index is 0. The maximum atomic E-state index is 0. The molecule has 0 heterocycles. The normalized spacial score (nSPS) is 0. The van der Waals surface area contributed by atoms with Gasteiger partial charge < -0.3 is 0 Å². The molecule has 0 N–H and O–H groups in total. The third-order valence-corrected chi connectivity index (χ3v) is 0. The minimum Gasteiger partial charge on any atom is -0.147 e. The predicted octanol–water partition coefficient (Wildman–Crippen LogP) is 0.839. The van der Waals surface area contributed by atoms with Crippen LogP contribution in [0.4, 0.5) is 0 Å². The summed E-state index contributed by atoms with van der Waals surface area (Å²) in [6.07, 6.45) is 0. The molecule has 0 unspecified atom stereocenters. The summed E-state index contributed by atoms with van der Waals surface area (Å²) in [6.45, 7) is 0. The molecule has 0 spiro atoms. The standard InChI is InChI=1S/2ClH.Pd.Rh/h2*1H;;. The van der Waals surface area contributed by atoms with Gasteiger partial charge in [0.15, 0.2) is 0 Å². The van der Waals surface area contributed by atoms with Gasteiger partial charge in [0.25, 0.3) is 0 Å². The average molecular weight is 282 g/mol. The van der Waals surface area contributed by atoms with E-state index in [4.69, 9.17) is 0 Å². The number of rotatable bonds is 0. The summed E-state index contributed by atoms with van der Waals surface area (Å²) < 4.78 is 0. The van der Waals surface area contributed by atoms with E-state index < -0.39 is 0 Å². The fourth-order valence-electron chi connectivity index (χ4n) is 0. The second-order valence-corrected chi connectivity index (χ2v) is 0. The minimum atomic E-state index is 0. The van der Waals surface area contributed by atoms with Gasteiger partial charge in [0.05, 0.1) is 0 Å².